The third kappa shape index (κ3) is 3.89. The van der Waals surface area contributed by atoms with Gasteiger partial charge in [0.15, 0.2) is 0 Å². The molecule has 0 spiro atoms. The Kier molecular flexibility index (Phi) is 5.28. The number of aliphatic carboxylic acids is 1. The molecule has 0 aliphatic carbocycles. The number of nitrogens with zero attached hydrogens (tertiary/aromatic N) is 2. The molecule has 1 aromatic carbocycles. The van der Waals surface area contributed by atoms with Crippen LogP contribution in [0, 0.1) is 11.3 Å². The summed E-state index contributed by atoms with van der Waals surface area (Å²) in [4.78, 5) is 25.3. The lowest BCUT2D eigenvalue weighted by Crippen LogP contribution is -2.36. The molecule has 0 aliphatic heterocycles. The zero-order chi connectivity index (χ0) is 18.7. The topological polar surface area (TPSA) is 94.5 Å². The minimum absolute atomic E-state index is 0.0313. The molecule has 0 atom stereocenters. The van der Waals surface area contributed by atoms with Crippen molar-refractivity contribution in [3.05, 3.63) is 45.8 Å². The fourth-order valence-electron chi connectivity index (χ4n) is 2.87. The molecule has 0 amide bonds. The summed E-state index contributed by atoms with van der Waals surface area (Å²) >= 11 is 0. The van der Waals surface area contributed by atoms with Gasteiger partial charge in [-0.1, -0.05) is 0 Å². The van der Waals surface area contributed by atoms with Crippen molar-refractivity contribution in [2.24, 2.45) is 0 Å². The second-order valence-corrected chi connectivity index (χ2v) is 6.28. The molecule has 1 aromatic heterocycles. The van der Waals surface area contributed by atoms with Gasteiger partial charge >= 0.3 is 11.6 Å². The summed E-state index contributed by atoms with van der Waals surface area (Å²) in [6.45, 7) is 8.35. The van der Waals surface area contributed by atoms with Gasteiger partial charge in [0.05, 0.1) is 5.56 Å². The number of nitriles is 1. The number of hydrogen-bond donors (Lipinski definition) is 1. The lowest BCUT2D eigenvalue weighted by atomic mass is 10.1. The minimum Gasteiger partial charge on any atom is -0.477 e. The largest absolute Gasteiger partial charge is 0.477 e. The molecule has 130 valence electrons. The molecule has 1 heterocycles. The zero-order valence-electron chi connectivity index (χ0n) is 14.6. The molecule has 0 saturated carbocycles. The van der Waals surface area contributed by atoms with Crippen LogP contribution in [0.2, 0.25) is 0 Å². The molecular formula is C19H20N2O4. The van der Waals surface area contributed by atoms with Crippen molar-refractivity contribution in [3.63, 3.8) is 0 Å². The lowest BCUT2D eigenvalue weighted by Gasteiger charge is -2.33. The van der Waals surface area contributed by atoms with Crippen LogP contribution in [0.1, 0.15) is 33.3 Å². The Balaban J connectivity index is 2.58. The Hall–Kier alpha value is -3.07. The lowest BCUT2D eigenvalue weighted by molar-refractivity contribution is -0.132. The Morgan fingerprint density at radius 3 is 2.40 bits per heavy atom. The smallest absolute Gasteiger partial charge is 0.346 e. The molecule has 0 fully saturated rings. The summed E-state index contributed by atoms with van der Waals surface area (Å²) in [6, 6.07) is 9.17. The fraction of sp³-hybridized carbons (Fsp3) is 0.316. The van der Waals surface area contributed by atoms with Gasteiger partial charge in [-0.15, -0.1) is 0 Å². The zero-order valence-corrected chi connectivity index (χ0v) is 14.6. The highest BCUT2D eigenvalue weighted by Gasteiger charge is 2.16. The van der Waals surface area contributed by atoms with Gasteiger partial charge < -0.3 is 14.4 Å². The number of fused-ring (bicyclic) bond motifs is 1. The Labute approximate surface area is 145 Å². The van der Waals surface area contributed by atoms with Crippen molar-refractivity contribution < 1.29 is 14.3 Å². The Morgan fingerprint density at radius 1 is 1.24 bits per heavy atom. The van der Waals surface area contributed by atoms with Gasteiger partial charge in [-0.3, -0.25) is 0 Å². The predicted octanol–water partition coefficient (Wildman–Crippen LogP) is 3.41. The van der Waals surface area contributed by atoms with E-state index in [1.54, 1.807) is 12.1 Å². The molecule has 0 unspecified atom stereocenters. The van der Waals surface area contributed by atoms with E-state index in [-0.39, 0.29) is 17.6 Å². The molecule has 0 bridgehead atoms. The van der Waals surface area contributed by atoms with E-state index < -0.39 is 17.2 Å². The highest BCUT2D eigenvalue weighted by molar-refractivity contribution is 5.97. The van der Waals surface area contributed by atoms with E-state index in [1.807, 2.05) is 12.1 Å². The van der Waals surface area contributed by atoms with Crippen molar-refractivity contribution in [1.29, 1.82) is 5.26 Å². The van der Waals surface area contributed by atoms with Crippen LogP contribution in [0.5, 0.6) is 0 Å². The number of rotatable bonds is 5. The molecule has 2 aromatic rings. The normalized spacial score (nSPS) is 11.8. The van der Waals surface area contributed by atoms with Crippen LogP contribution >= 0.6 is 0 Å². The van der Waals surface area contributed by atoms with E-state index in [0.29, 0.717) is 11.0 Å². The number of carboxylic acids is 1. The summed E-state index contributed by atoms with van der Waals surface area (Å²) < 4.78 is 5.34. The van der Waals surface area contributed by atoms with E-state index in [1.165, 1.54) is 6.07 Å². The molecule has 6 heteroatoms. The summed E-state index contributed by atoms with van der Waals surface area (Å²) in [7, 11) is 0. The SMILES string of the molecule is CC(C)N(c1ccc2cc(/C=C(\C#N)C(=O)O)c(=O)oc2c1)C(C)C. The van der Waals surface area contributed by atoms with Gasteiger partial charge in [0.1, 0.15) is 17.2 Å². The summed E-state index contributed by atoms with van der Waals surface area (Å²) in [5, 5.41) is 18.4. The molecule has 2 rings (SSSR count). The number of anilines is 1. The molecule has 25 heavy (non-hydrogen) atoms. The first kappa shape index (κ1) is 18.3. The van der Waals surface area contributed by atoms with Crippen LogP contribution in [0.4, 0.5) is 5.69 Å². The maximum absolute atomic E-state index is 12.1. The first-order chi connectivity index (χ1) is 11.7. The van der Waals surface area contributed by atoms with E-state index >= 15 is 0 Å². The van der Waals surface area contributed by atoms with Gasteiger partial charge in [-0.05, 0) is 52.0 Å². The first-order valence-electron chi connectivity index (χ1n) is 7.96. The fourth-order valence-corrected chi connectivity index (χ4v) is 2.87. The maximum atomic E-state index is 12.1. The van der Waals surface area contributed by atoms with Crippen molar-refractivity contribution in [1.82, 2.24) is 0 Å². The number of hydrogen-bond acceptors (Lipinski definition) is 5. The average Bonchev–Trinajstić information content (AvgIpc) is 2.51. The van der Waals surface area contributed by atoms with E-state index in [4.69, 9.17) is 14.8 Å². The third-order valence-corrected chi connectivity index (χ3v) is 3.81. The van der Waals surface area contributed by atoms with Crippen molar-refractivity contribution in [2.75, 3.05) is 4.90 Å². The average molecular weight is 340 g/mol. The quantitative estimate of drug-likeness (QED) is 0.509. The van der Waals surface area contributed by atoms with Gasteiger partial charge in [0.25, 0.3) is 0 Å². The summed E-state index contributed by atoms with van der Waals surface area (Å²) in [5.41, 5.74) is 0.184. The van der Waals surface area contributed by atoms with Crippen molar-refractivity contribution >= 4 is 28.7 Å². The van der Waals surface area contributed by atoms with Crippen molar-refractivity contribution in [2.45, 2.75) is 39.8 Å². The highest BCUT2D eigenvalue weighted by Crippen LogP contribution is 2.25. The van der Waals surface area contributed by atoms with Crippen LogP contribution in [-0.4, -0.2) is 23.2 Å². The predicted molar refractivity (Wildman–Crippen MR) is 96.5 cm³/mol. The number of carboxylic acid groups (broad SMARTS) is 1. The third-order valence-electron chi connectivity index (χ3n) is 3.81. The highest BCUT2D eigenvalue weighted by atomic mass is 16.4. The van der Waals surface area contributed by atoms with Gasteiger partial charge in [0.2, 0.25) is 0 Å². The maximum Gasteiger partial charge on any atom is 0.346 e. The Morgan fingerprint density at radius 2 is 1.88 bits per heavy atom. The van der Waals surface area contributed by atoms with Gasteiger partial charge in [-0.25, -0.2) is 9.59 Å². The molecule has 1 N–H and O–H groups in total. The number of benzene rings is 1. The van der Waals surface area contributed by atoms with Crippen LogP contribution in [0.15, 0.2) is 39.1 Å². The summed E-state index contributed by atoms with van der Waals surface area (Å²) in [5.74, 6) is -1.39. The molecule has 0 radical (unpaired) electrons. The molecule has 0 saturated heterocycles. The minimum atomic E-state index is -1.39. The molecule has 0 aliphatic rings. The van der Waals surface area contributed by atoms with Crippen LogP contribution in [0.25, 0.3) is 17.0 Å². The first-order valence-corrected chi connectivity index (χ1v) is 7.96. The van der Waals surface area contributed by atoms with E-state index in [9.17, 15) is 9.59 Å². The summed E-state index contributed by atoms with van der Waals surface area (Å²) in [6.07, 6.45) is 1.02. The second kappa shape index (κ2) is 7.22. The van der Waals surface area contributed by atoms with Crippen LogP contribution in [0.3, 0.4) is 0 Å². The van der Waals surface area contributed by atoms with Crippen LogP contribution < -0.4 is 10.5 Å². The standard InChI is InChI=1S/C19H20N2O4/c1-11(2)21(12(3)4)16-6-5-13-7-14(8-15(10-20)18(22)23)19(24)25-17(13)9-16/h5-9,11-12H,1-4H3,(H,22,23)/b15-8+. The molecule has 6 nitrogen and oxygen atoms in total. The van der Waals surface area contributed by atoms with Gasteiger partial charge in [-0.2, -0.15) is 5.26 Å². The van der Waals surface area contributed by atoms with E-state index in [2.05, 4.69) is 32.6 Å². The monoisotopic (exact) mass is 340 g/mol. The number of carbonyl (C=O) groups is 1. The Bertz CT molecular complexity index is 925. The van der Waals surface area contributed by atoms with E-state index in [0.717, 1.165) is 11.8 Å². The second-order valence-electron chi connectivity index (χ2n) is 6.28. The van der Waals surface area contributed by atoms with Crippen LogP contribution in [-0.2, 0) is 4.79 Å². The van der Waals surface area contributed by atoms with Gasteiger partial charge in [0, 0.05) is 29.2 Å². The molecular weight excluding hydrogens is 320 g/mol. The van der Waals surface area contributed by atoms with Crippen molar-refractivity contribution in [3.8, 4) is 6.07 Å².